The van der Waals surface area contributed by atoms with Crippen LogP contribution in [0.2, 0.25) is 0 Å². The van der Waals surface area contributed by atoms with E-state index in [2.05, 4.69) is 14.8 Å². The highest BCUT2D eigenvalue weighted by atomic mass is 16.4. The molecule has 2 N–H and O–H groups in total. The molecule has 2 aromatic rings. The number of oxazole rings is 1. The van der Waals surface area contributed by atoms with Crippen LogP contribution in [0, 0.1) is 0 Å². The van der Waals surface area contributed by atoms with E-state index in [1.54, 1.807) is 0 Å². The maximum absolute atomic E-state index is 5.82. The summed E-state index contributed by atoms with van der Waals surface area (Å²) in [6.07, 6.45) is 2.31. The summed E-state index contributed by atoms with van der Waals surface area (Å²) in [5, 5.41) is 0. The van der Waals surface area contributed by atoms with Gasteiger partial charge >= 0.3 is 0 Å². The van der Waals surface area contributed by atoms with Gasteiger partial charge in [-0.3, -0.25) is 4.90 Å². The molecular weight excluding hydrogens is 252 g/mol. The van der Waals surface area contributed by atoms with E-state index in [0.717, 1.165) is 62.8 Å². The van der Waals surface area contributed by atoms with Crippen LogP contribution in [0.3, 0.4) is 0 Å². The van der Waals surface area contributed by atoms with Crippen molar-refractivity contribution in [2.24, 2.45) is 5.73 Å². The molecule has 0 bridgehead atoms. The first kappa shape index (κ1) is 13.4. The number of rotatable bonds is 5. The second kappa shape index (κ2) is 6.24. The van der Waals surface area contributed by atoms with Gasteiger partial charge in [-0.05, 0) is 38.1 Å². The van der Waals surface area contributed by atoms with Gasteiger partial charge in [0, 0.05) is 26.2 Å². The Morgan fingerprint density at radius 1 is 1.10 bits per heavy atom. The highest BCUT2D eigenvalue weighted by molar-refractivity contribution is 5.74. The molecule has 2 heterocycles. The molecule has 3 rings (SSSR count). The standard InChI is InChI=1S/C15H22N4O/c16-7-3-4-8-18-9-11-19(12-10-18)15-17-13-5-1-2-6-14(13)20-15/h1-2,5-6H,3-4,7-12,16H2. The summed E-state index contributed by atoms with van der Waals surface area (Å²) in [7, 11) is 0. The van der Waals surface area contributed by atoms with Crippen LogP contribution in [0.1, 0.15) is 12.8 Å². The number of nitrogens with zero attached hydrogens (tertiary/aromatic N) is 3. The molecule has 0 radical (unpaired) electrons. The van der Waals surface area contributed by atoms with E-state index in [0.29, 0.717) is 0 Å². The van der Waals surface area contributed by atoms with Crippen molar-refractivity contribution in [1.29, 1.82) is 0 Å². The molecule has 1 aliphatic rings. The van der Waals surface area contributed by atoms with Gasteiger partial charge < -0.3 is 15.1 Å². The van der Waals surface area contributed by atoms with Gasteiger partial charge in [-0.15, -0.1) is 0 Å². The lowest BCUT2D eigenvalue weighted by atomic mass is 10.2. The number of fused-ring (bicyclic) bond motifs is 1. The lowest BCUT2D eigenvalue weighted by Crippen LogP contribution is -2.46. The van der Waals surface area contributed by atoms with Crippen LogP contribution in [0.5, 0.6) is 0 Å². The van der Waals surface area contributed by atoms with Crippen LogP contribution in [0.4, 0.5) is 6.01 Å². The van der Waals surface area contributed by atoms with Crippen molar-refractivity contribution in [3.63, 3.8) is 0 Å². The van der Waals surface area contributed by atoms with Crippen molar-refractivity contribution >= 4 is 17.1 Å². The molecule has 1 aliphatic heterocycles. The average Bonchev–Trinajstić information content (AvgIpc) is 2.92. The number of anilines is 1. The highest BCUT2D eigenvalue weighted by Crippen LogP contribution is 2.22. The van der Waals surface area contributed by atoms with Crippen molar-refractivity contribution in [2.45, 2.75) is 12.8 Å². The Bertz CT molecular complexity index is 513. The van der Waals surface area contributed by atoms with E-state index in [1.807, 2.05) is 24.3 Å². The van der Waals surface area contributed by atoms with Crippen LogP contribution in [0.25, 0.3) is 11.1 Å². The number of hydrogen-bond donors (Lipinski definition) is 1. The number of unbranched alkanes of at least 4 members (excludes halogenated alkanes) is 1. The fourth-order valence-corrected chi connectivity index (χ4v) is 2.64. The lowest BCUT2D eigenvalue weighted by Gasteiger charge is -2.33. The highest BCUT2D eigenvalue weighted by Gasteiger charge is 2.20. The molecule has 0 spiro atoms. The first-order valence-electron chi connectivity index (χ1n) is 7.40. The van der Waals surface area contributed by atoms with Crippen molar-refractivity contribution < 1.29 is 4.42 Å². The van der Waals surface area contributed by atoms with Crippen molar-refractivity contribution in [2.75, 3.05) is 44.2 Å². The molecule has 0 aliphatic carbocycles. The van der Waals surface area contributed by atoms with E-state index in [1.165, 1.54) is 6.42 Å². The topological polar surface area (TPSA) is 58.5 Å². The Balaban J connectivity index is 1.57. The van der Waals surface area contributed by atoms with Gasteiger partial charge in [0.15, 0.2) is 5.58 Å². The second-order valence-corrected chi connectivity index (χ2v) is 5.29. The molecule has 5 nitrogen and oxygen atoms in total. The molecular formula is C15H22N4O. The number of aromatic nitrogens is 1. The molecule has 108 valence electrons. The molecule has 1 fully saturated rings. The zero-order valence-electron chi connectivity index (χ0n) is 11.8. The van der Waals surface area contributed by atoms with E-state index in [9.17, 15) is 0 Å². The molecule has 1 aromatic carbocycles. The predicted molar refractivity (Wildman–Crippen MR) is 81.0 cm³/mol. The molecule has 0 saturated carbocycles. The summed E-state index contributed by atoms with van der Waals surface area (Å²) in [6, 6.07) is 8.68. The SMILES string of the molecule is NCCCCN1CCN(c2nc3ccccc3o2)CC1. The first-order valence-corrected chi connectivity index (χ1v) is 7.40. The van der Waals surface area contributed by atoms with Crippen molar-refractivity contribution in [3.05, 3.63) is 24.3 Å². The second-order valence-electron chi connectivity index (χ2n) is 5.29. The maximum Gasteiger partial charge on any atom is 0.298 e. The third-order valence-corrected chi connectivity index (χ3v) is 3.85. The summed E-state index contributed by atoms with van der Waals surface area (Å²) in [4.78, 5) is 9.29. The quantitative estimate of drug-likeness (QED) is 0.841. The number of para-hydroxylation sites is 2. The van der Waals surface area contributed by atoms with E-state index in [4.69, 9.17) is 10.2 Å². The normalized spacial score (nSPS) is 16.9. The third-order valence-electron chi connectivity index (χ3n) is 3.85. The fraction of sp³-hybridized carbons (Fsp3) is 0.533. The van der Waals surface area contributed by atoms with Gasteiger partial charge in [-0.2, -0.15) is 4.98 Å². The molecule has 1 saturated heterocycles. The molecule has 0 amide bonds. The van der Waals surface area contributed by atoms with E-state index < -0.39 is 0 Å². The molecule has 20 heavy (non-hydrogen) atoms. The minimum absolute atomic E-state index is 0.757. The zero-order valence-corrected chi connectivity index (χ0v) is 11.8. The van der Waals surface area contributed by atoms with Crippen LogP contribution in [0.15, 0.2) is 28.7 Å². The Morgan fingerprint density at radius 3 is 2.65 bits per heavy atom. The van der Waals surface area contributed by atoms with Crippen molar-refractivity contribution in [3.8, 4) is 0 Å². The number of piperazine rings is 1. The van der Waals surface area contributed by atoms with Crippen LogP contribution >= 0.6 is 0 Å². The van der Waals surface area contributed by atoms with Crippen LogP contribution in [-0.4, -0.2) is 49.2 Å². The first-order chi connectivity index (χ1) is 9.86. The predicted octanol–water partition coefficient (Wildman–Crippen LogP) is 1.69. The third kappa shape index (κ3) is 2.94. The Hall–Kier alpha value is -1.59. The van der Waals surface area contributed by atoms with Gasteiger partial charge in [0.05, 0.1) is 0 Å². The lowest BCUT2D eigenvalue weighted by molar-refractivity contribution is 0.249. The largest absolute Gasteiger partial charge is 0.423 e. The molecule has 5 heteroatoms. The van der Waals surface area contributed by atoms with Gasteiger partial charge in [0.2, 0.25) is 0 Å². The Morgan fingerprint density at radius 2 is 1.90 bits per heavy atom. The zero-order chi connectivity index (χ0) is 13.8. The van der Waals surface area contributed by atoms with Gasteiger partial charge in [-0.1, -0.05) is 12.1 Å². The summed E-state index contributed by atoms with van der Waals surface area (Å²) in [5.74, 6) is 0. The van der Waals surface area contributed by atoms with Gasteiger partial charge in [-0.25, -0.2) is 0 Å². The van der Waals surface area contributed by atoms with E-state index >= 15 is 0 Å². The smallest absolute Gasteiger partial charge is 0.298 e. The van der Waals surface area contributed by atoms with Crippen LogP contribution < -0.4 is 10.6 Å². The van der Waals surface area contributed by atoms with E-state index in [-0.39, 0.29) is 0 Å². The minimum Gasteiger partial charge on any atom is -0.423 e. The Kier molecular flexibility index (Phi) is 4.18. The van der Waals surface area contributed by atoms with Crippen LogP contribution in [-0.2, 0) is 0 Å². The number of hydrogen-bond acceptors (Lipinski definition) is 5. The summed E-state index contributed by atoms with van der Waals surface area (Å²) < 4.78 is 5.82. The number of benzene rings is 1. The summed E-state index contributed by atoms with van der Waals surface area (Å²) >= 11 is 0. The summed E-state index contributed by atoms with van der Waals surface area (Å²) in [6.45, 7) is 6.05. The molecule has 1 aromatic heterocycles. The Labute approximate surface area is 119 Å². The number of nitrogens with two attached hydrogens (primary N) is 1. The minimum atomic E-state index is 0.757. The summed E-state index contributed by atoms with van der Waals surface area (Å²) in [5.41, 5.74) is 7.34. The van der Waals surface area contributed by atoms with Crippen molar-refractivity contribution in [1.82, 2.24) is 9.88 Å². The molecule has 0 atom stereocenters. The van der Waals surface area contributed by atoms with Gasteiger partial charge in [0.25, 0.3) is 6.01 Å². The average molecular weight is 274 g/mol. The monoisotopic (exact) mass is 274 g/mol. The maximum atomic E-state index is 5.82. The fourth-order valence-electron chi connectivity index (χ4n) is 2.64. The van der Waals surface area contributed by atoms with Gasteiger partial charge in [0.1, 0.15) is 5.52 Å². The molecule has 0 unspecified atom stereocenters.